The van der Waals surface area contributed by atoms with E-state index in [-0.39, 0.29) is 23.6 Å². The third-order valence-electron chi connectivity index (χ3n) is 6.02. The van der Waals surface area contributed by atoms with E-state index in [4.69, 9.17) is 4.74 Å². The van der Waals surface area contributed by atoms with E-state index < -0.39 is 40.0 Å². The number of benzene rings is 2. The topological polar surface area (TPSA) is 125 Å². The van der Waals surface area contributed by atoms with Gasteiger partial charge in [-0.05, 0) is 24.3 Å². The van der Waals surface area contributed by atoms with Crippen molar-refractivity contribution in [3.8, 4) is 5.75 Å². The molecule has 0 unspecified atom stereocenters. The summed E-state index contributed by atoms with van der Waals surface area (Å²) in [5, 5.41) is 5.33. The Morgan fingerprint density at radius 1 is 1.15 bits per heavy atom. The summed E-state index contributed by atoms with van der Waals surface area (Å²) >= 11 is 0. The molecule has 10 nitrogen and oxygen atoms in total. The highest BCUT2D eigenvalue weighted by molar-refractivity contribution is 7.89. The van der Waals surface area contributed by atoms with Gasteiger partial charge in [0.1, 0.15) is 12.3 Å². The second kappa shape index (κ2) is 9.07. The normalized spacial score (nSPS) is 19.7. The van der Waals surface area contributed by atoms with Crippen LogP contribution in [0.4, 0.5) is 10.5 Å². The zero-order chi connectivity index (χ0) is 24.5. The molecule has 1 fully saturated rings. The minimum Gasteiger partial charge on any atom is -0.493 e. The number of nitrogens with zero attached hydrogens (tertiary/aromatic N) is 2. The molecule has 0 bridgehead atoms. The second-order valence-electron chi connectivity index (χ2n) is 7.99. The summed E-state index contributed by atoms with van der Waals surface area (Å²) in [7, 11) is -3.70. The molecule has 4 rings (SSSR count). The second-order valence-corrected chi connectivity index (χ2v) is 9.92. The molecule has 2 aromatic rings. The van der Waals surface area contributed by atoms with Gasteiger partial charge in [0.2, 0.25) is 15.9 Å². The van der Waals surface area contributed by atoms with Gasteiger partial charge in [0.05, 0.1) is 11.5 Å². The Hall–Kier alpha value is -3.44. The smallest absolute Gasteiger partial charge is 0.325 e. The first kappa shape index (κ1) is 23.7. The number of nitrogens with one attached hydrogen (secondary N) is 2. The Morgan fingerprint density at radius 3 is 2.62 bits per heavy atom. The largest absolute Gasteiger partial charge is 0.493 e. The van der Waals surface area contributed by atoms with E-state index in [0.29, 0.717) is 24.4 Å². The van der Waals surface area contributed by atoms with E-state index in [0.717, 1.165) is 4.90 Å². The highest BCUT2D eigenvalue weighted by Crippen LogP contribution is 2.40. The Bertz CT molecular complexity index is 1240. The van der Waals surface area contributed by atoms with Crippen molar-refractivity contribution < 1.29 is 27.5 Å². The van der Waals surface area contributed by atoms with Gasteiger partial charge >= 0.3 is 6.03 Å². The maximum absolute atomic E-state index is 13.3. The van der Waals surface area contributed by atoms with Gasteiger partial charge in [-0.2, -0.15) is 4.31 Å². The number of hydrogen-bond donors (Lipinski definition) is 2. The van der Waals surface area contributed by atoms with Crippen LogP contribution in [0.2, 0.25) is 0 Å². The fourth-order valence-corrected chi connectivity index (χ4v) is 5.81. The lowest BCUT2D eigenvalue weighted by Gasteiger charge is -2.33. The molecule has 0 aromatic heterocycles. The van der Waals surface area contributed by atoms with Crippen LogP contribution in [0, 0.1) is 0 Å². The van der Waals surface area contributed by atoms with Crippen molar-refractivity contribution in [1.29, 1.82) is 0 Å². The van der Waals surface area contributed by atoms with Crippen LogP contribution in [-0.4, -0.2) is 61.7 Å². The van der Waals surface area contributed by atoms with Gasteiger partial charge < -0.3 is 15.4 Å². The maximum Gasteiger partial charge on any atom is 0.325 e. The highest BCUT2D eigenvalue weighted by Gasteiger charge is 2.55. The van der Waals surface area contributed by atoms with Crippen molar-refractivity contribution in [3.63, 3.8) is 0 Å². The van der Waals surface area contributed by atoms with Crippen LogP contribution in [0.1, 0.15) is 25.8 Å². The fraction of sp³-hybridized carbons (Fsp3) is 0.348. The summed E-state index contributed by atoms with van der Waals surface area (Å²) in [6.45, 7) is 3.86. The van der Waals surface area contributed by atoms with Gasteiger partial charge in [-0.25, -0.2) is 13.2 Å². The molecule has 1 spiro atoms. The van der Waals surface area contributed by atoms with Crippen LogP contribution in [0.5, 0.6) is 5.75 Å². The SMILES string of the molecule is CCN(CC)S(=O)(=O)c1cccc(NC(=O)CN2C(=O)N[C@@]3(CCOc4ccccc43)C2=O)c1. The minimum atomic E-state index is -3.70. The summed E-state index contributed by atoms with van der Waals surface area (Å²) in [6, 6.07) is 12.2. The molecule has 1 saturated heterocycles. The standard InChI is InChI=1S/C23H26N4O6S/c1-3-26(4-2)34(31,32)17-9-7-8-16(14-17)24-20(28)15-27-21(29)23(25-22(27)30)12-13-33-19-11-6-5-10-18(19)23/h5-11,14H,3-4,12-13,15H2,1-2H3,(H,24,28)(H,25,30)/t23-/m1/s1. The average Bonchev–Trinajstić information content (AvgIpc) is 3.05. The number of amides is 4. The molecule has 2 aromatic carbocycles. The molecule has 2 heterocycles. The number of hydrogen-bond acceptors (Lipinski definition) is 6. The number of urea groups is 1. The van der Waals surface area contributed by atoms with Gasteiger partial charge in [0.25, 0.3) is 5.91 Å². The number of anilines is 1. The third-order valence-corrected chi connectivity index (χ3v) is 8.07. The quantitative estimate of drug-likeness (QED) is 0.576. The molecule has 2 aliphatic heterocycles. The molecule has 34 heavy (non-hydrogen) atoms. The molecule has 0 saturated carbocycles. The van der Waals surface area contributed by atoms with Crippen molar-refractivity contribution in [2.75, 3.05) is 31.6 Å². The van der Waals surface area contributed by atoms with Gasteiger partial charge in [-0.15, -0.1) is 0 Å². The lowest BCUT2D eigenvalue weighted by Crippen LogP contribution is -2.48. The van der Waals surface area contributed by atoms with Crippen LogP contribution in [0.25, 0.3) is 0 Å². The van der Waals surface area contributed by atoms with Gasteiger partial charge in [0.15, 0.2) is 5.54 Å². The number of carbonyl (C=O) groups is 3. The zero-order valence-electron chi connectivity index (χ0n) is 18.9. The van der Waals surface area contributed by atoms with Gasteiger partial charge in [0, 0.05) is 30.8 Å². The zero-order valence-corrected chi connectivity index (χ0v) is 19.7. The number of carbonyl (C=O) groups excluding carboxylic acids is 3. The van der Waals surface area contributed by atoms with Crippen molar-refractivity contribution in [2.45, 2.75) is 30.7 Å². The lowest BCUT2D eigenvalue weighted by molar-refractivity contribution is -0.135. The Kier molecular flexibility index (Phi) is 6.32. The number of fused-ring (bicyclic) bond motifs is 2. The molecule has 0 aliphatic carbocycles. The summed E-state index contributed by atoms with van der Waals surface area (Å²) in [5.74, 6) is -0.639. The van der Waals surface area contributed by atoms with Crippen molar-refractivity contribution >= 4 is 33.6 Å². The number of sulfonamides is 1. The summed E-state index contributed by atoms with van der Waals surface area (Å²) in [4.78, 5) is 39.6. The summed E-state index contributed by atoms with van der Waals surface area (Å²) in [5.41, 5.74) is -0.475. The van der Waals surface area contributed by atoms with Gasteiger partial charge in [-0.1, -0.05) is 38.1 Å². The van der Waals surface area contributed by atoms with Crippen LogP contribution in [0.15, 0.2) is 53.4 Å². The van der Waals surface area contributed by atoms with Crippen LogP contribution in [0.3, 0.4) is 0 Å². The van der Waals surface area contributed by atoms with E-state index in [1.54, 1.807) is 44.2 Å². The predicted octanol–water partition coefficient (Wildman–Crippen LogP) is 1.89. The summed E-state index contributed by atoms with van der Waals surface area (Å²) < 4.78 is 32.5. The van der Waals surface area contributed by atoms with E-state index >= 15 is 0 Å². The first-order chi connectivity index (χ1) is 16.2. The monoisotopic (exact) mass is 486 g/mol. The highest BCUT2D eigenvalue weighted by atomic mass is 32.2. The first-order valence-electron chi connectivity index (χ1n) is 11.0. The van der Waals surface area contributed by atoms with E-state index in [9.17, 15) is 22.8 Å². The van der Waals surface area contributed by atoms with Crippen molar-refractivity contribution in [3.05, 3.63) is 54.1 Å². The number of ether oxygens (including phenoxy) is 1. The molecule has 2 aliphatic rings. The minimum absolute atomic E-state index is 0.0433. The Labute approximate surface area is 197 Å². The Balaban J connectivity index is 1.51. The maximum atomic E-state index is 13.3. The van der Waals surface area contributed by atoms with E-state index in [2.05, 4.69) is 10.6 Å². The van der Waals surface area contributed by atoms with Crippen LogP contribution in [-0.2, 0) is 25.2 Å². The number of rotatable bonds is 7. The molecular weight excluding hydrogens is 460 g/mol. The molecule has 4 amide bonds. The summed E-state index contributed by atoms with van der Waals surface area (Å²) in [6.07, 6.45) is 0.248. The lowest BCUT2D eigenvalue weighted by atomic mass is 9.84. The van der Waals surface area contributed by atoms with Crippen LogP contribution < -0.4 is 15.4 Å². The molecule has 0 radical (unpaired) electrons. The average molecular weight is 487 g/mol. The molecule has 1 atom stereocenters. The molecule has 2 N–H and O–H groups in total. The number of imide groups is 1. The van der Waals surface area contributed by atoms with Gasteiger partial charge in [-0.3, -0.25) is 14.5 Å². The molecular formula is C23H26N4O6S. The van der Waals surface area contributed by atoms with E-state index in [1.807, 2.05) is 0 Å². The van der Waals surface area contributed by atoms with Crippen molar-refractivity contribution in [1.82, 2.24) is 14.5 Å². The first-order valence-corrected chi connectivity index (χ1v) is 12.4. The van der Waals surface area contributed by atoms with E-state index in [1.165, 1.54) is 22.5 Å². The predicted molar refractivity (Wildman–Crippen MR) is 124 cm³/mol. The third kappa shape index (κ3) is 4.01. The molecule has 180 valence electrons. The molecule has 11 heteroatoms. The number of para-hydroxylation sites is 1. The fourth-order valence-electron chi connectivity index (χ4n) is 4.31. The van der Waals surface area contributed by atoms with Crippen LogP contribution >= 0.6 is 0 Å². The Morgan fingerprint density at radius 2 is 1.88 bits per heavy atom. The van der Waals surface area contributed by atoms with Crippen molar-refractivity contribution in [2.24, 2.45) is 0 Å².